The SMILES string of the molecule is COC(=O)C(N)CSCC(=O)Nc1nc(C)cs1. The number of thiazole rings is 1. The molecule has 100 valence electrons. The first-order valence-electron chi connectivity index (χ1n) is 5.16. The molecule has 1 amide bonds. The molecule has 1 heterocycles. The Labute approximate surface area is 113 Å². The maximum atomic E-state index is 11.5. The van der Waals surface area contributed by atoms with Crippen molar-refractivity contribution in [3.05, 3.63) is 11.1 Å². The van der Waals surface area contributed by atoms with E-state index in [1.54, 1.807) is 0 Å². The molecule has 0 saturated heterocycles. The zero-order valence-electron chi connectivity index (χ0n) is 10.1. The van der Waals surface area contributed by atoms with Gasteiger partial charge >= 0.3 is 5.97 Å². The zero-order chi connectivity index (χ0) is 13.5. The summed E-state index contributed by atoms with van der Waals surface area (Å²) in [6.45, 7) is 1.86. The van der Waals surface area contributed by atoms with E-state index in [0.717, 1.165) is 5.69 Å². The number of aromatic nitrogens is 1. The molecule has 0 aliphatic carbocycles. The molecule has 1 unspecified atom stereocenters. The van der Waals surface area contributed by atoms with Crippen LogP contribution in [-0.2, 0) is 14.3 Å². The summed E-state index contributed by atoms with van der Waals surface area (Å²) in [6, 6.07) is -0.699. The molecule has 0 saturated carbocycles. The van der Waals surface area contributed by atoms with Gasteiger partial charge in [0.15, 0.2) is 5.13 Å². The molecular weight excluding hydrogens is 274 g/mol. The maximum Gasteiger partial charge on any atom is 0.323 e. The van der Waals surface area contributed by atoms with Crippen LogP contribution in [0, 0.1) is 6.92 Å². The van der Waals surface area contributed by atoms with Crippen LogP contribution in [0.25, 0.3) is 0 Å². The van der Waals surface area contributed by atoms with Gasteiger partial charge in [0.25, 0.3) is 0 Å². The van der Waals surface area contributed by atoms with Gasteiger partial charge in [0.2, 0.25) is 5.91 Å². The lowest BCUT2D eigenvalue weighted by molar-refractivity contribution is -0.141. The molecule has 18 heavy (non-hydrogen) atoms. The summed E-state index contributed by atoms with van der Waals surface area (Å²) in [5.41, 5.74) is 6.40. The van der Waals surface area contributed by atoms with Crippen molar-refractivity contribution in [3.8, 4) is 0 Å². The predicted octanol–water partition coefficient (Wildman–Crippen LogP) is 0.624. The molecule has 1 aromatic rings. The Morgan fingerprint density at radius 3 is 2.94 bits per heavy atom. The van der Waals surface area contributed by atoms with E-state index >= 15 is 0 Å². The summed E-state index contributed by atoms with van der Waals surface area (Å²) in [4.78, 5) is 26.6. The molecule has 0 aromatic carbocycles. The molecule has 1 atom stereocenters. The van der Waals surface area contributed by atoms with Gasteiger partial charge in [0.1, 0.15) is 6.04 Å². The number of nitrogens with two attached hydrogens (primary N) is 1. The number of hydrogen-bond donors (Lipinski definition) is 2. The van der Waals surface area contributed by atoms with Crippen molar-refractivity contribution < 1.29 is 14.3 Å². The minimum absolute atomic E-state index is 0.161. The first-order valence-corrected chi connectivity index (χ1v) is 7.19. The second kappa shape index (κ2) is 7.34. The Balaban J connectivity index is 2.23. The molecule has 0 spiro atoms. The van der Waals surface area contributed by atoms with Gasteiger partial charge in [-0.05, 0) is 6.92 Å². The van der Waals surface area contributed by atoms with E-state index in [1.807, 2.05) is 12.3 Å². The number of carbonyl (C=O) groups excluding carboxylic acids is 2. The van der Waals surface area contributed by atoms with Crippen LogP contribution in [0.4, 0.5) is 5.13 Å². The second-order valence-corrected chi connectivity index (χ2v) is 5.38. The number of aryl methyl sites for hydroxylation is 1. The Kier molecular flexibility index (Phi) is 6.10. The number of hydrogen-bond acceptors (Lipinski definition) is 7. The first-order chi connectivity index (χ1) is 8.52. The lowest BCUT2D eigenvalue weighted by Crippen LogP contribution is -2.34. The standard InChI is InChI=1S/C10H15N3O3S2/c1-6-3-18-10(12-6)13-8(14)5-17-4-7(11)9(15)16-2/h3,7H,4-5,11H2,1-2H3,(H,12,13,14). The Hall–Kier alpha value is -1.12. The van der Waals surface area contributed by atoms with E-state index in [4.69, 9.17) is 5.73 Å². The van der Waals surface area contributed by atoms with Crippen molar-refractivity contribution in [2.45, 2.75) is 13.0 Å². The molecule has 0 bridgehead atoms. The van der Waals surface area contributed by atoms with Crippen LogP contribution in [0.5, 0.6) is 0 Å². The van der Waals surface area contributed by atoms with Gasteiger partial charge in [-0.25, -0.2) is 4.98 Å². The fraction of sp³-hybridized carbons (Fsp3) is 0.500. The average Bonchev–Trinajstić information content (AvgIpc) is 2.73. The molecule has 8 heteroatoms. The number of anilines is 1. The van der Waals surface area contributed by atoms with Crippen LogP contribution < -0.4 is 11.1 Å². The van der Waals surface area contributed by atoms with Crippen LogP contribution in [0.3, 0.4) is 0 Å². The summed E-state index contributed by atoms with van der Waals surface area (Å²) in [5.74, 6) is -0.0646. The van der Waals surface area contributed by atoms with Crippen molar-refractivity contribution >= 4 is 40.1 Å². The van der Waals surface area contributed by atoms with Gasteiger partial charge in [-0.1, -0.05) is 0 Å². The third kappa shape index (κ3) is 5.03. The van der Waals surface area contributed by atoms with Gasteiger partial charge < -0.3 is 15.8 Å². The van der Waals surface area contributed by atoms with E-state index < -0.39 is 12.0 Å². The number of nitrogens with zero attached hydrogens (tertiary/aromatic N) is 1. The molecule has 0 aliphatic heterocycles. The first kappa shape index (κ1) is 14.9. The molecule has 0 aliphatic rings. The summed E-state index contributed by atoms with van der Waals surface area (Å²) < 4.78 is 4.48. The van der Waals surface area contributed by atoms with Gasteiger partial charge in [0, 0.05) is 11.1 Å². The van der Waals surface area contributed by atoms with Crippen LogP contribution in [-0.4, -0.2) is 41.5 Å². The van der Waals surface area contributed by atoms with E-state index in [9.17, 15) is 9.59 Å². The molecule has 0 fully saturated rings. The minimum atomic E-state index is -0.699. The molecule has 3 N–H and O–H groups in total. The van der Waals surface area contributed by atoms with Crippen molar-refractivity contribution in [2.75, 3.05) is 23.9 Å². The zero-order valence-corrected chi connectivity index (χ0v) is 11.8. The largest absolute Gasteiger partial charge is 0.468 e. The quantitative estimate of drug-likeness (QED) is 0.746. The molecule has 1 aromatic heterocycles. The topological polar surface area (TPSA) is 94.3 Å². The van der Waals surface area contributed by atoms with E-state index in [0.29, 0.717) is 10.9 Å². The van der Waals surface area contributed by atoms with Gasteiger partial charge in [-0.15, -0.1) is 23.1 Å². The van der Waals surface area contributed by atoms with E-state index in [1.165, 1.54) is 30.2 Å². The lowest BCUT2D eigenvalue weighted by Gasteiger charge is -2.08. The number of carbonyl (C=O) groups is 2. The van der Waals surface area contributed by atoms with Crippen LogP contribution in [0.1, 0.15) is 5.69 Å². The van der Waals surface area contributed by atoms with Crippen molar-refractivity contribution in [1.82, 2.24) is 4.98 Å². The number of rotatable bonds is 6. The fourth-order valence-corrected chi connectivity index (χ4v) is 2.53. The molecule has 6 nitrogen and oxygen atoms in total. The normalized spacial score (nSPS) is 11.9. The summed E-state index contributed by atoms with van der Waals surface area (Å²) in [7, 11) is 1.28. The molecule has 1 rings (SSSR count). The number of thioether (sulfide) groups is 1. The summed E-state index contributed by atoms with van der Waals surface area (Å²) in [5, 5.41) is 5.11. The highest BCUT2D eigenvalue weighted by atomic mass is 32.2. The lowest BCUT2D eigenvalue weighted by atomic mass is 10.4. The van der Waals surface area contributed by atoms with Crippen LogP contribution in [0.15, 0.2) is 5.38 Å². The smallest absolute Gasteiger partial charge is 0.323 e. The van der Waals surface area contributed by atoms with Crippen molar-refractivity contribution in [3.63, 3.8) is 0 Å². The van der Waals surface area contributed by atoms with Gasteiger partial charge in [-0.3, -0.25) is 9.59 Å². The average molecular weight is 289 g/mol. The summed E-state index contributed by atoms with van der Waals surface area (Å²) >= 11 is 2.65. The Morgan fingerprint density at radius 1 is 1.67 bits per heavy atom. The number of esters is 1. The molecular formula is C10H15N3O3S2. The van der Waals surface area contributed by atoms with Crippen LogP contribution >= 0.6 is 23.1 Å². The monoisotopic (exact) mass is 289 g/mol. The number of methoxy groups -OCH3 is 1. The summed E-state index contributed by atoms with van der Waals surface area (Å²) in [6.07, 6.45) is 0. The highest BCUT2D eigenvalue weighted by Crippen LogP contribution is 2.14. The van der Waals surface area contributed by atoms with E-state index in [2.05, 4.69) is 15.0 Å². The maximum absolute atomic E-state index is 11.5. The van der Waals surface area contributed by atoms with Crippen molar-refractivity contribution in [2.24, 2.45) is 5.73 Å². The van der Waals surface area contributed by atoms with Crippen LogP contribution in [0.2, 0.25) is 0 Å². The Morgan fingerprint density at radius 2 is 2.39 bits per heavy atom. The van der Waals surface area contributed by atoms with Gasteiger partial charge in [-0.2, -0.15) is 0 Å². The second-order valence-electron chi connectivity index (χ2n) is 3.49. The predicted molar refractivity (Wildman–Crippen MR) is 72.8 cm³/mol. The van der Waals surface area contributed by atoms with Crippen molar-refractivity contribution in [1.29, 1.82) is 0 Å². The highest BCUT2D eigenvalue weighted by Gasteiger charge is 2.14. The van der Waals surface area contributed by atoms with Gasteiger partial charge in [0.05, 0.1) is 18.6 Å². The third-order valence-electron chi connectivity index (χ3n) is 1.90. The molecule has 0 radical (unpaired) electrons. The number of nitrogens with one attached hydrogen (secondary N) is 1. The minimum Gasteiger partial charge on any atom is -0.468 e. The fourth-order valence-electron chi connectivity index (χ4n) is 1.06. The third-order valence-corrected chi connectivity index (χ3v) is 3.84. The van der Waals surface area contributed by atoms with E-state index in [-0.39, 0.29) is 11.7 Å². The number of amides is 1. The highest BCUT2D eigenvalue weighted by molar-refractivity contribution is 8.00. The Bertz CT molecular complexity index is 422. The number of ether oxygens (including phenoxy) is 1.